The molecule has 1 saturated heterocycles. The fraction of sp³-hybridized carbons (Fsp3) is 0.120. The van der Waals surface area contributed by atoms with E-state index < -0.39 is 39.3 Å². The van der Waals surface area contributed by atoms with Crippen molar-refractivity contribution >= 4 is 33.2 Å². The third-order valence-corrected chi connectivity index (χ3v) is 6.68. The number of methoxy groups -OCH3 is 1. The number of aliphatic hydroxyl groups is 1. The largest absolute Gasteiger partial charge is 0.507 e. The quantitative estimate of drug-likeness (QED) is 0.317. The number of amides is 1. The first-order valence-corrected chi connectivity index (χ1v) is 11.9. The third kappa shape index (κ3) is 4.41. The summed E-state index contributed by atoms with van der Waals surface area (Å²) < 4.78 is 42.3. The standard InChI is InChI=1S/C25H21FN2O6S/c1-14-13-16(5-12-20(14)26)23(29)21-22(15-3-8-18(34-2)9-4-15)28(25(31)24(21)30)17-6-10-19(11-7-17)35(27,32)33/h3-13,22,29H,1-2H3,(H2,27,32,33)/b23-21+. The van der Waals surface area contributed by atoms with Crippen LogP contribution in [0.25, 0.3) is 5.76 Å². The van der Waals surface area contributed by atoms with Crippen molar-refractivity contribution < 1.29 is 32.2 Å². The van der Waals surface area contributed by atoms with Crippen LogP contribution in [0.2, 0.25) is 0 Å². The Balaban J connectivity index is 1.92. The van der Waals surface area contributed by atoms with E-state index in [1.54, 1.807) is 24.3 Å². The summed E-state index contributed by atoms with van der Waals surface area (Å²) in [6, 6.07) is 14.5. The lowest BCUT2D eigenvalue weighted by Gasteiger charge is -2.25. The summed E-state index contributed by atoms with van der Waals surface area (Å²) in [6.45, 7) is 1.51. The molecule has 0 aromatic heterocycles. The molecule has 0 saturated carbocycles. The monoisotopic (exact) mass is 496 g/mol. The summed E-state index contributed by atoms with van der Waals surface area (Å²) in [5.74, 6) is -2.27. The molecule has 1 unspecified atom stereocenters. The van der Waals surface area contributed by atoms with E-state index in [2.05, 4.69) is 0 Å². The number of carbonyl (C=O) groups is 2. The molecular formula is C25H21FN2O6S. The van der Waals surface area contributed by atoms with Crippen LogP contribution < -0.4 is 14.8 Å². The first-order valence-electron chi connectivity index (χ1n) is 10.4. The van der Waals surface area contributed by atoms with Crippen molar-refractivity contribution in [2.45, 2.75) is 17.9 Å². The molecule has 1 aliphatic rings. The number of aryl methyl sites for hydroxylation is 1. The number of anilines is 1. The zero-order valence-corrected chi connectivity index (χ0v) is 19.5. The molecule has 0 bridgehead atoms. The first kappa shape index (κ1) is 24.1. The van der Waals surface area contributed by atoms with Crippen LogP contribution in [0.3, 0.4) is 0 Å². The molecule has 8 nitrogen and oxygen atoms in total. The lowest BCUT2D eigenvalue weighted by atomic mass is 9.94. The minimum absolute atomic E-state index is 0.166. The van der Waals surface area contributed by atoms with E-state index in [0.717, 1.165) is 6.07 Å². The Morgan fingerprint density at radius 2 is 1.66 bits per heavy atom. The summed E-state index contributed by atoms with van der Waals surface area (Å²) in [4.78, 5) is 27.3. The van der Waals surface area contributed by atoms with Crippen molar-refractivity contribution in [1.82, 2.24) is 0 Å². The van der Waals surface area contributed by atoms with Crippen LogP contribution in [-0.2, 0) is 19.6 Å². The normalized spacial score (nSPS) is 17.6. The molecule has 3 aromatic rings. The maximum Gasteiger partial charge on any atom is 0.300 e. The van der Waals surface area contributed by atoms with E-state index in [1.807, 2.05) is 0 Å². The number of carbonyl (C=O) groups excluding carboxylic acids is 2. The molecule has 10 heteroatoms. The molecule has 0 spiro atoms. The summed E-state index contributed by atoms with van der Waals surface area (Å²) in [6.07, 6.45) is 0. The highest BCUT2D eigenvalue weighted by Gasteiger charge is 2.47. The molecule has 35 heavy (non-hydrogen) atoms. The first-order chi connectivity index (χ1) is 16.5. The summed E-state index contributed by atoms with van der Waals surface area (Å²) in [5, 5.41) is 16.3. The lowest BCUT2D eigenvalue weighted by Crippen LogP contribution is -2.29. The van der Waals surface area contributed by atoms with E-state index >= 15 is 0 Å². The van der Waals surface area contributed by atoms with Crippen LogP contribution in [0.15, 0.2) is 77.2 Å². The average Bonchev–Trinajstić information content (AvgIpc) is 3.10. The predicted octanol–water partition coefficient (Wildman–Crippen LogP) is 3.42. The van der Waals surface area contributed by atoms with Crippen LogP contribution in [0.5, 0.6) is 5.75 Å². The number of ketones is 1. The molecule has 0 radical (unpaired) electrons. The Kier molecular flexibility index (Phi) is 6.18. The molecule has 3 N–H and O–H groups in total. The number of ether oxygens (including phenoxy) is 1. The van der Waals surface area contributed by atoms with Gasteiger partial charge in [-0.25, -0.2) is 17.9 Å². The SMILES string of the molecule is COc1ccc(C2/C(=C(\O)c3ccc(F)c(C)c3)C(=O)C(=O)N2c2ccc(S(N)(=O)=O)cc2)cc1. The number of halogens is 1. The maximum atomic E-state index is 13.8. The van der Waals surface area contributed by atoms with Gasteiger partial charge >= 0.3 is 0 Å². The molecule has 1 fully saturated rings. The van der Waals surface area contributed by atoms with Crippen LogP contribution in [0.4, 0.5) is 10.1 Å². The van der Waals surface area contributed by atoms with Gasteiger partial charge in [-0.3, -0.25) is 14.5 Å². The maximum absolute atomic E-state index is 13.8. The molecular weight excluding hydrogens is 475 g/mol. The Bertz CT molecular complexity index is 1460. The minimum atomic E-state index is -3.97. The second-order valence-corrected chi connectivity index (χ2v) is 9.51. The van der Waals surface area contributed by atoms with E-state index in [4.69, 9.17) is 9.88 Å². The molecule has 180 valence electrons. The van der Waals surface area contributed by atoms with Crippen LogP contribution in [0.1, 0.15) is 22.7 Å². The highest BCUT2D eigenvalue weighted by Crippen LogP contribution is 2.42. The van der Waals surface area contributed by atoms with E-state index in [9.17, 15) is 27.5 Å². The van der Waals surface area contributed by atoms with Gasteiger partial charge < -0.3 is 9.84 Å². The van der Waals surface area contributed by atoms with E-state index in [-0.39, 0.29) is 27.3 Å². The molecule has 0 aliphatic carbocycles. The number of rotatable bonds is 5. The van der Waals surface area contributed by atoms with Gasteiger partial charge in [0, 0.05) is 11.3 Å². The zero-order valence-electron chi connectivity index (χ0n) is 18.7. The molecule has 1 aliphatic heterocycles. The molecule has 1 atom stereocenters. The van der Waals surface area contributed by atoms with E-state index in [0.29, 0.717) is 11.3 Å². The number of nitrogens with zero attached hydrogens (tertiary/aromatic N) is 1. The number of nitrogens with two attached hydrogens (primary N) is 1. The van der Waals surface area contributed by atoms with Crippen LogP contribution >= 0.6 is 0 Å². The Morgan fingerprint density at radius 3 is 2.20 bits per heavy atom. The summed E-state index contributed by atoms with van der Waals surface area (Å²) in [5.41, 5.74) is 0.935. The Morgan fingerprint density at radius 1 is 1.03 bits per heavy atom. The van der Waals surface area contributed by atoms with Gasteiger partial charge in [-0.1, -0.05) is 12.1 Å². The smallest absolute Gasteiger partial charge is 0.300 e. The van der Waals surface area contributed by atoms with Gasteiger partial charge in [0.05, 0.1) is 23.6 Å². The second-order valence-electron chi connectivity index (χ2n) is 7.95. The summed E-state index contributed by atoms with van der Waals surface area (Å²) >= 11 is 0. The van der Waals surface area contributed by atoms with Gasteiger partial charge in [0.2, 0.25) is 10.0 Å². The zero-order chi connectivity index (χ0) is 25.5. The number of primary sulfonamides is 1. The predicted molar refractivity (Wildman–Crippen MR) is 127 cm³/mol. The number of hydrogen-bond acceptors (Lipinski definition) is 6. The number of benzene rings is 3. The minimum Gasteiger partial charge on any atom is -0.507 e. The highest BCUT2D eigenvalue weighted by atomic mass is 32.2. The average molecular weight is 497 g/mol. The van der Waals surface area contributed by atoms with Gasteiger partial charge in [-0.05, 0) is 72.6 Å². The number of Topliss-reactive ketones (excluding diaryl/α,β-unsaturated/α-hetero) is 1. The molecule has 1 amide bonds. The van der Waals surface area contributed by atoms with Crippen molar-refractivity contribution in [1.29, 1.82) is 0 Å². The van der Waals surface area contributed by atoms with Gasteiger partial charge in [-0.2, -0.15) is 0 Å². The summed E-state index contributed by atoms with van der Waals surface area (Å²) in [7, 11) is -2.48. The van der Waals surface area contributed by atoms with Crippen molar-refractivity contribution in [3.05, 3.63) is 94.8 Å². The third-order valence-electron chi connectivity index (χ3n) is 5.75. The number of hydrogen-bond donors (Lipinski definition) is 2. The van der Waals surface area contributed by atoms with Crippen molar-refractivity contribution in [3.8, 4) is 5.75 Å². The topological polar surface area (TPSA) is 127 Å². The van der Waals surface area contributed by atoms with E-state index in [1.165, 1.54) is 55.3 Å². The fourth-order valence-electron chi connectivity index (χ4n) is 3.94. The fourth-order valence-corrected chi connectivity index (χ4v) is 4.46. The Hall–Kier alpha value is -4.02. The van der Waals surface area contributed by atoms with Crippen LogP contribution in [0, 0.1) is 12.7 Å². The van der Waals surface area contributed by atoms with Crippen LogP contribution in [-0.4, -0.2) is 32.3 Å². The van der Waals surface area contributed by atoms with Gasteiger partial charge in [0.1, 0.15) is 17.3 Å². The van der Waals surface area contributed by atoms with Crippen molar-refractivity contribution in [3.63, 3.8) is 0 Å². The number of sulfonamides is 1. The second kappa shape index (κ2) is 8.97. The molecule has 3 aromatic carbocycles. The van der Waals surface area contributed by atoms with Crippen molar-refractivity contribution in [2.24, 2.45) is 5.14 Å². The van der Waals surface area contributed by atoms with Gasteiger partial charge in [-0.15, -0.1) is 0 Å². The van der Waals surface area contributed by atoms with Crippen molar-refractivity contribution in [2.75, 3.05) is 12.0 Å². The van der Waals surface area contributed by atoms with Gasteiger partial charge in [0.25, 0.3) is 11.7 Å². The molecule has 4 rings (SSSR count). The number of aliphatic hydroxyl groups excluding tert-OH is 1. The van der Waals surface area contributed by atoms with Gasteiger partial charge in [0.15, 0.2) is 0 Å². The highest BCUT2D eigenvalue weighted by molar-refractivity contribution is 7.89. The Labute approximate surface area is 201 Å². The molecule has 1 heterocycles. The lowest BCUT2D eigenvalue weighted by molar-refractivity contribution is -0.132.